The zero-order valence-corrected chi connectivity index (χ0v) is 39.5. The van der Waals surface area contributed by atoms with E-state index in [1.165, 1.54) is 11.0 Å². The summed E-state index contributed by atoms with van der Waals surface area (Å²) in [5.41, 5.74) is 0.244. The van der Waals surface area contributed by atoms with E-state index < -0.39 is 58.3 Å². The number of aliphatic carboxylic acids is 1. The Morgan fingerprint density at radius 2 is 1.26 bits per heavy atom. The summed E-state index contributed by atoms with van der Waals surface area (Å²) in [5, 5.41) is 67.0. The number of carbonyl (C=O) groups is 3. The molecule has 6 N–H and O–H groups in total. The van der Waals surface area contributed by atoms with E-state index in [0.717, 1.165) is 43.2 Å². The van der Waals surface area contributed by atoms with Crippen LogP contribution in [0.2, 0.25) is 0 Å². The van der Waals surface area contributed by atoms with Gasteiger partial charge in [0, 0.05) is 52.5 Å². The molecule has 4 aliphatic carbocycles. The lowest BCUT2D eigenvalue weighted by Crippen LogP contribution is -2.69. The average Bonchev–Trinajstić information content (AvgIpc) is 4.01. The van der Waals surface area contributed by atoms with E-state index in [9.17, 15) is 45.0 Å². The number of amides is 2. The molecule has 10 rings (SSSR count). The van der Waals surface area contributed by atoms with Gasteiger partial charge in [-0.25, -0.2) is 4.79 Å². The standard InChI is InChI=1S/C52H70N2O11/c1-26-12-14-38-47(3,4)40(58)16-17-49(38,7)51(26)21-30-35(55)19-28-32(41(30)64-51)24-53(44(28)60)18-10-9-11-34(46(62)63)54-25-33-29(45(54)61)20-36(56)31-22-52(65-42(31)33)27(2)13-15-39-48(5,6)43(59)37(57)23-50(39,52)8/h19-20,26-27,34,37-40,43,55-59H,9-18,21-25H2,1-8H3,(H,62,63)/t26-,27-,34+,37-,38-,39+,40-,43-,49+,50+,51-,52-/m1/s1. The van der Waals surface area contributed by atoms with Crippen molar-refractivity contribution in [2.75, 3.05) is 6.54 Å². The number of aliphatic hydroxyl groups excluding tert-OH is 3. The zero-order chi connectivity index (χ0) is 46.7. The summed E-state index contributed by atoms with van der Waals surface area (Å²) < 4.78 is 14.3. The van der Waals surface area contributed by atoms with Crippen molar-refractivity contribution in [1.29, 1.82) is 0 Å². The monoisotopic (exact) mass is 898 g/mol. The largest absolute Gasteiger partial charge is 0.508 e. The molecule has 4 heterocycles. The van der Waals surface area contributed by atoms with Crippen LogP contribution >= 0.6 is 0 Å². The van der Waals surface area contributed by atoms with E-state index in [1.54, 1.807) is 11.0 Å². The minimum Gasteiger partial charge on any atom is -0.508 e. The molecule has 2 aromatic rings. The van der Waals surface area contributed by atoms with Crippen LogP contribution in [0.25, 0.3) is 0 Å². The topological polar surface area (TPSA) is 198 Å². The Balaban J connectivity index is 0.834. The zero-order valence-electron chi connectivity index (χ0n) is 39.5. The predicted molar refractivity (Wildman–Crippen MR) is 240 cm³/mol. The Morgan fingerprint density at radius 3 is 1.85 bits per heavy atom. The molecule has 2 aromatic carbocycles. The summed E-state index contributed by atoms with van der Waals surface area (Å²) in [6.07, 6.45) is 5.21. The van der Waals surface area contributed by atoms with Crippen molar-refractivity contribution in [2.45, 2.75) is 181 Å². The van der Waals surface area contributed by atoms with Crippen molar-refractivity contribution in [1.82, 2.24) is 9.80 Å². The number of hydrogen-bond acceptors (Lipinski definition) is 10. The van der Waals surface area contributed by atoms with Crippen LogP contribution in [-0.4, -0.2) is 100 Å². The number of carboxylic acid groups (broad SMARTS) is 1. The van der Waals surface area contributed by atoms with E-state index in [4.69, 9.17) is 9.47 Å². The smallest absolute Gasteiger partial charge is 0.326 e. The molecule has 0 unspecified atom stereocenters. The lowest BCUT2D eigenvalue weighted by atomic mass is 9.43. The first-order chi connectivity index (χ1) is 30.4. The van der Waals surface area contributed by atoms with E-state index in [1.807, 2.05) is 13.8 Å². The predicted octanol–water partition coefficient (Wildman–Crippen LogP) is 7.12. The number of aliphatic hydroxyl groups is 3. The molecule has 0 aromatic heterocycles. The van der Waals surface area contributed by atoms with Gasteiger partial charge in [-0.2, -0.15) is 0 Å². The van der Waals surface area contributed by atoms with Gasteiger partial charge >= 0.3 is 5.97 Å². The fourth-order valence-corrected chi connectivity index (χ4v) is 16.2. The van der Waals surface area contributed by atoms with Crippen molar-refractivity contribution in [2.24, 2.45) is 45.3 Å². The molecule has 0 saturated heterocycles. The highest BCUT2D eigenvalue weighted by Crippen LogP contribution is 2.69. The van der Waals surface area contributed by atoms with Crippen molar-refractivity contribution >= 4 is 17.8 Å². The van der Waals surface area contributed by atoms with Crippen LogP contribution < -0.4 is 9.47 Å². The number of carboxylic acids is 1. The Labute approximate surface area is 382 Å². The number of rotatable bonds is 7. The molecule has 4 saturated carbocycles. The van der Waals surface area contributed by atoms with Crippen LogP contribution in [0.1, 0.15) is 163 Å². The van der Waals surface area contributed by atoms with E-state index in [0.29, 0.717) is 79.8 Å². The third-order valence-electron chi connectivity index (χ3n) is 20.1. The number of aromatic hydroxyl groups is 2. The number of phenols is 2. The second-order valence-electron chi connectivity index (χ2n) is 23.6. The summed E-state index contributed by atoms with van der Waals surface area (Å²) in [7, 11) is 0. The van der Waals surface area contributed by atoms with Crippen molar-refractivity contribution in [3.8, 4) is 23.0 Å². The SMILES string of the molecule is C[C@@H]1CC[C@@H]2C(C)(C)[C@H](O)CC[C@]2(C)[C@@]12Cc1c(O)cc3c(c1O2)CN(CCCC[C@@H](C(=O)O)N1Cc2c(cc(O)c4c2O[C@]2(C4)[C@H](C)CC[C@H]4C(C)(C)[C@H](O)[C@H](O)C[C@@]42C)C1=O)C3=O. The van der Waals surface area contributed by atoms with Crippen molar-refractivity contribution < 1.29 is 54.5 Å². The summed E-state index contributed by atoms with van der Waals surface area (Å²) in [6.45, 7) is 17.9. The lowest BCUT2D eigenvalue weighted by Gasteiger charge is -2.64. The van der Waals surface area contributed by atoms with E-state index in [-0.39, 0.29) is 70.4 Å². The molecule has 354 valence electrons. The third-order valence-corrected chi connectivity index (χ3v) is 20.1. The van der Waals surface area contributed by atoms with Crippen LogP contribution in [0.5, 0.6) is 23.0 Å². The van der Waals surface area contributed by atoms with Gasteiger partial charge in [0.1, 0.15) is 40.2 Å². The molecular weight excluding hydrogens is 829 g/mol. The second kappa shape index (κ2) is 14.5. The molecule has 0 radical (unpaired) electrons. The van der Waals surface area contributed by atoms with Crippen LogP contribution in [0, 0.1) is 45.3 Å². The molecular formula is C52H70N2O11. The first kappa shape index (κ1) is 44.7. The minimum atomic E-state index is -1.15. The maximum absolute atomic E-state index is 14.1. The highest BCUT2D eigenvalue weighted by atomic mass is 16.5. The number of ether oxygens (including phenoxy) is 2. The summed E-state index contributed by atoms with van der Waals surface area (Å²) in [4.78, 5) is 44.1. The van der Waals surface area contributed by atoms with Crippen LogP contribution in [0.3, 0.4) is 0 Å². The molecule has 0 bridgehead atoms. The average molecular weight is 899 g/mol. The first-order valence-electron chi connectivity index (χ1n) is 24.5. The number of unbranched alkanes of at least 4 members (excludes halogenated alkanes) is 1. The van der Waals surface area contributed by atoms with Gasteiger partial charge in [-0.1, -0.05) is 55.4 Å². The second-order valence-corrected chi connectivity index (χ2v) is 23.6. The maximum atomic E-state index is 14.1. The molecule has 65 heavy (non-hydrogen) atoms. The third kappa shape index (κ3) is 5.82. The highest BCUT2D eigenvalue weighted by Gasteiger charge is 2.70. The quantitative estimate of drug-likeness (QED) is 0.155. The van der Waals surface area contributed by atoms with Gasteiger partial charge in [0.2, 0.25) is 0 Å². The number of hydrogen-bond donors (Lipinski definition) is 6. The highest BCUT2D eigenvalue weighted by molar-refractivity contribution is 6.02. The number of nitrogens with zero attached hydrogens (tertiary/aromatic N) is 2. The van der Waals surface area contributed by atoms with Gasteiger partial charge in [-0.3, -0.25) is 9.59 Å². The molecule has 2 amide bonds. The van der Waals surface area contributed by atoms with E-state index >= 15 is 0 Å². The number of benzene rings is 2. The van der Waals surface area contributed by atoms with Gasteiger partial charge in [0.05, 0.1) is 42.5 Å². The number of phenolic OH excluding ortho intramolecular Hbond substituents is 2. The fourth-order valence-electron chi connectivity index (χ4n) is 16.2. The Kier molecular flexibility index (Phi) is 9.96. The van der Waals surface area contributed by atoms with Gasteiger partial charge in [-0.15, -0.1) is 0 Å². The van der Waals surface area contributed by atoms with Gasteiger partial charge < -0.3 is 49.9 Å². The Bertz CT molecular complexity index is 2380. The summed E-state index contributed by atoms with van der Waals surface area (Å²) in [6, 6.07) is 1.90. The maximum Gasteiger partial charge on any atom is 0.326 e. The molecule has 13 heteroatoms. The summed E-state index contributed by atoms with van der Waals surface area (Å²) >= 11 is 0. The van der Waals surface area contributed by atoms with Crippen LogP contribution in [0.15, 0.2) is 12.1 Å². The summed E-state index contributed by atoms with van der Waals surface area (Å²) in [5.74, 6) is -0.287. The fraction of sp³-hybridized carbons (Fsp3) is 0.712. The number of carbonyl (C=O) groups excluding carboxylic acids is 2. The van der Waals surface area contributed by atoms with Crippen molar-refractivity contribution in [3.05, 3.63) is 45.5 Å². The van der Waals surface area contributed by atoms with Gasteiger partial charge in [0.15, 0.2) is 0 Å². The molecule has 2 spiro atoms. The molecule has 8 aliphatic rings. The normalized spacial score (nSPS) is 38.7. The Hall–Kier alpha value is -4.07. The van der Waals surface area contributed by atoms with Crippen LogP contribution in [0.4, 0.5) is 0 Å². The van der Waals surface area contributed by atoms with Crippen LogP contribution in [-0.2, 0) is 30.7 Å². The molecule has 12 atom stereocenters. The minimum absolute atomic E-state index is 0.0116. The van der Waals surface area contributed by atoms with Crippen molar-refractivity contribution in [3.63, 3.8) is 0 Å². The van der Waals surface area contributed by atoms with Gasteiger partial charge in [-0.05, 0) is 111 Å². The Morgan fingerprint density at radius 1 is 0.723 bits per heavy atom. The first-order valence-corrected chi connectivity index (χ1v) is 24.5. The lowest BCUT2D eigenvalue weighted by molar-refractivity contribution is -0.240. The van der Waals surface area contributed by atoms with Gasteiger partial charge in [0.25, 0.3) is 11.8 Å². The number of fused-ring (bicyclic) bond motifs is 10. The molecule has 4 fully saturated rings. The molecule has 13 nitrogen and oxygen atoms in total. The molecule has 4 aliphatic heterocycles. The van der Waals surface area contributed by atoms with E-state index in [2.05, 4.69) is 41.5 Å².